The first-order chi connectivity index (χ1) is 12.8. The van der Waals surface area contributed by atoms with Gasteiger partial charge in [-0.3, -0.25) is 5.10 Å². The molecule has 0 spiro atoms. The highest BCUT2D eigenvalue weighted by Gasteiger charge is 2.21. The number of ether oxygens (including phenoxy) is 1. The summed E-state index contributed by atoms with van der Waals surface area (Å²) in [4.78, 5) is 12.3. The molecule has 0 aliphatic heterocycles. The first-order valence-electron chi connectivity index (χ1n) is 8.14. The molecule has 0 saturated carbocycles. The van der Waals surface area contributed by atoms with Crippen LogP contribution in [0.1, 0.15) is 28.5 Å². The number of carbonyl (C=O) groups excluding carboxylic acids is 1. The van der Waals surface area contributed by atoms with Gasteiger partial charge >= 0.3 is 5.97 Å². The summed E-state index contributed by atoms with van der Waals surface area (Å²) in [6.45, 7) is 1.25. The van der Waals surface area contributed by atoms with E-state index in [-0.39, 0.29) is 35.7 Å². The summed E-state index contributed by atoms with van der Waals surface area (Å²) in [5.41, 5.74) is 0.269. The summed E-state index contributed by atoms with van der Waals surface area (Å²) < 4.78 is 57.1. The zero-order chi connectivity index (χ0) is 20.0. The number of hydrogen-bond donors (Lipinski definition) is 2. The van der Waals surface area contributed by atoms with Crippen LogP contribution in [0.5, 0.6) is 0 Å². The maximum atomic E-state index is 13.9. The lowest BCUT2D eigenvalue weighted by Gasteiger charge is -2.15. The summed E-state index contributed by atoms with van der Waals surface area (Å²) in [6, 6.07) is 2.14. The maximum absolute atomic E-state index is 13.9. The molecule has 1 heterocycles. The molecule has 0 aliphatic rings. The van der Waals surface area contributed by atoms with Gasteiger partial charge in [-0.1, -0.05) is 11.6 Å². The molecule has 27 heavy (non-hydrogen) atoms. The molecular formula is C17H18ClF4N3O2. The van der Waals surface area contributed by atoms with E-state index < -0.39 is 36.7 Å². The first-order valence-corrected chi connectivity index (χ1v) is 8.51. The van der Waals surface area contributed by atoms with Crippen LogP contribution in [-0.2, 0) is 17.6 Å². The van der Waals surface area contributed by atoms with Gasteiger partial charge in [-0.25, -0.2) is 22.4 Å². The van der Waals surface area contributed by atoms with Crippen molar-refractivity contribution in [3.05, 3.63) is 51.8 Å². The Morgan fingerprint density at radius 3 is 2.81 bits per heavy atom. The van der Waals surface area contributed by atoms with Gasteiger partial charge in [-0.2, -0.15) is 5.10 Å². The summed E-state index contributed by atoms with van der Waals surface area (Å²) in [6.07, 6.45) is -1.84. The van der Waals surface area contributed by atoms with Crippen molar-refractivity contribution in [1.82, 2.24) is 15.5 Å². The molecule has 0 saturated heterocycles. The molecule has 0 amide bonds. The van der Waals surface area contributed by atoms with Gasteiger partial charge in [0.1, 0.15) is 23.4 Å². The number of rotatable bonds is 9. The molecule has 0 aliphatic carbocycles. The number of H-pyrrole nitrogens is 1. The van der Waals surface area contributed by atoms with Crippen molar-refractivity contribution < 1.29 is 27.1 Å². The average molecular weight is 408 g/mol. The van der Waals surface area contributed by atoms with E-state index in [1.807, 2.05) is 0 Å². The number of carbonyl (C=O) groups is 1. The summed E-state index contributed by atoms with van der Waals surface area (Å²) in [5.74, 6) is -2.44. The fraction of sp³-hybridized carbons (Fsp3) is 0.412. The SMILES string of the molecule is CC(Cc1c(F)ccc(Cl)c1F)OC(=O)c1[nH]ncc1CCNCC(F)F. The van der Waals surface area contributed by atoms with E-state index in [0.29, 0.717) is 5.56 Å². The average Bonchev–Trinajstić information content (AvgIpc) is 3.07. The normalized spacial score (nSPS) is 12.4. The lowest BCUT2D eigenvalue weighted by molar-refractivity contribution is 0.0331. The van der Waals surface area contributed by atoms with Gasteiger partial charge in [-0.15, -0.1) is 0 Å². The number of benzene rings is 1. The van der Waals surface area contributed by atoms with E-state index >= 15 is 0 Å². The predicted molar refractivity (Wildman–Crippen MR) is 91.1 cm³/mol. The number of alkyl halides is 2. The molecule has 2 aromatic rings. The summed E-state index contributed by atoms with van der Waals surface area (Å²) in [5, 5.41) is 8.55. The predicted octanol–water partition coefficient (Wildman–Crippen LogP) is 3.53. The van der Waals surface area contributed by atoms with Gasteiger partial charge in [0.2, 0.25) is 0 Å². The van der Waals surface area contributed by atoms with Crippen molar-refractivity contribution in [3.8, 4) is 0 Å². The molecule has 0 radical (unpaired) electrons. The zero-order valence-electron chi connectivity index (χ0n) is 14.4. The van der Waals surface area contributed by atoms with Gasteiger partial charge < -0.3 is 10.1 Å². The maximum Gasteiger partial charge on any atom is 0.356 e. The fourth-order valence-corrected chi connectivity index (χ4v) is 2.62. The fourth-order valence-electron chi connectivity index (χ4n) is 2.44. The van der Waals surface area contributed by atoms with Crippen molar-refractivity contribution in [2.45, 2.75) is 32.3 Å². The van der Waals surface area contributed by atoms with Gasteiger partial charge in [0.15, 0.2) is 0 Å². The Labute approximate surface area is 158 Å². The van der Waals surface area contributed by atoms with E-state index in [1.54, 1.807) is 0 Å². The molecule has 1 aromatic heterocycles. The van der Waals surface area contributed by atoms with E-state index in [9.17, 15) is 22.4 Å². The molecule has 1 atom stereocenters. The Morgan fingerprint density at radius 2 is 2.11 bits per heavy atom. The van der Waals surface area contributed by atoms with Crippen molar-refractivity contribution in [3.63, 3.8) is 0 Å². The number of nitrogens with zero attached hydrogens (tertiary/aromatic N) is 1. The third-order valence-electron chi connectivity index (χ3n) is 3.73. The highest BCUT2D eigenvalue weighted by molar-refractivity contribution is 6.30. The smallest absolute Gasteiger partial charge is 0.356 e. The Kier molecular flexibility index (Phi) is 7.61. The van der Waals surface area contributed by atoms with Crippen molar-refractivity contribution in [1.29, 1.82) is 0 Å². The van der Waals surface area contributed by atoms with Crippen molar-refractivity contribution in [2.75, 3.05) is 13.1 Å². The van der Waals surface area contributed by atoms with Crippen LogP contribution in [0.25, 0.3) is 0 Å². The van der Waals surface area contributed by atoms with Gasteiger partial charge in [0, 0.05) is 17.5 Å². The number of esters is 1. The monoisotopic (exact) mass is 407 g/mol. The first kappa shape index (κ1) is 21.2. The van der Waals surface area contributed by atoms with Crippen molar-refractivity contribution in [2.24, 2.45) is 0 Å². The molecule has 1 aromatic carbocycles. The number of aromatic amines is 1. The highest BCUT2D eigenvalue weighted by Crippen LogP contribution is 2.23. The molecule has 0 fully saturated rings. The number of halogens is 5. The van der Waals surface area contributed by atoms with Crippen molar-refractivity contribution >= 4 is 17.6 Å². The molecule has 10 heteroatoms. The lowest BCUT2D eigenvalue weighted by atomic mass is 10.1. The Balaban J connectivity index is 1.96. The number of nitrogens with one attached hydrogen (secondary N) is 2. The molecule has 148 valence electrons. The third kappa shape index (κ3) is 5.93. The van der Waals surface area contributed by atoms with E-state index in [0.717, 1.165) is 12.1 Å². The van der Waals surface area contributed by atoms with E-state index in [1.165, 1.54) is 13.1 Å². The van der Waals surface area contributed by atoms with E-state index in [4.69, 9.17) is 16.3 Å². The second-order valence-electron chi connectivity index (χ2n) is 5.86. The zero-order valence-corrected chi connectivity index (χ0v) is 15.1. The minimum absolute atomic E-state index is 0.0627. The number of aromatic nitrogens is 2. The largest absolute Gasteiger partial charge is 0.458 e. The van der Waals surface area contributed by atoms with Crippen LogP contribution in [0.2, 0.25) is 5.02 Å². The van der Waals surface area contributed by atoms with E-state index in [2.05, 4.69) is 15.5 Å². The minimum atomic E-state index is -2.47. The molecule has 2 N–H and O–H groups in total. The molecule has 2 rings (SSSR count). The minimum Gasteiger partial charge on any atom is -0.458 e. The Morgan fingerprint density at radius 1 is 1.37 bits per heavy atom. The lowest BCUT2D eigenvalue weighted by Crippen LogP contribution is -2.24. The standard InChI is InChI=1S/C17H18ClF4N3O2/c1-9(6-11-13(19)3-2-12(18)15(11)22)27-17(26)16-10(7-24-25-16)4-5-23-8-14(20)21/h2-3,7,9,14,23H,4-6,8H2,1H3,(H,24,25). The topological polar surface area (TPSA) is 67.0 Å². The highest BCUT2D eigenvalue weighted by atomic mass is 35.5. The molecular weight excluding hydrogens is 390 g/mol. The summed E-state index contributed by atoms with van der Waals surface area (Å²) in [7, 11) is 0. The number of hydrogen-bond acceptors (Lipinski definition) is 4. The molecule has 5 nitrogen and oxygen atoms in total. The summed E-state index contributed by atoms with van der Waals surface area (Å²) >= 11 is 5.64. The second-order valence-corrected chi connectivity index (χ2v) is 6.26. The van der Waals surface area contributed by atoms with Crippen LogP contribution in [0, 0.1) is 11.6 Å². The van der Waals surface area contributed by atoms with Crippen LogP contribution in [-0.4, -0.2) is 41.8 Å². The quantitative estimate of drug-likeness (QED) is 0.289. The van der Waals surface area contributed by atoms with Crippen LogP contribution in [0.4, 0.5) is 17.6 Å². The van der Waals surface area contributed by atoms with Gasteiger partial charge in [-0.05, 0) is 32.0 Å². The van der Waals surface area contributed by atoms with Crippen LogP contribution in [0.3, 0.4) is 0 Å². The second kappa shape index (κ2) is 9.70. The van der Waals surface area contributed by atoms with Crippen LogP contribution < -0.4 is 5.32 Å². The Bertz CT molecular complexity index is 786. The van der Waals surface area contributed by atoms with Crippen LogP contribution in [0.15, 0.2) is 18.3 Å². The Hall–Kier alpha value is -2.13. The van der Waals surface area contributed by atoms with Gasteiger partial charge in [0.05, 0.1) is 17.8 Å². The molecule has 1 unspecified atom stereocenters. The third-order valence-corrected chi connectivity index (χ3v) is 4.02. The molecule has 0 bridgehead atoms. The van der Waals surface area contributed by atoms with Crippen LogP contribution >= 0.6 is 11.6 Å². The van der Waals surface area contributed by atoms with Gasteiger partial charge in [0.25, 0.3) is 6.43 Å².